The second-order valence-corrected chi connectivity index (χ2v) is 1.93. The first kappa shape index (κ1) is 6.81. The Bertz CT molecular complexity index is 236. The molecule has 10 heavy (non-hydrogen) atoms. The monoisotopic (exact) mass is 134 g/mol. The molecule has 2 nitrogen and oxygen atoms in total. The van der Waals surface area contributed by atoms with E-state index in [1.54, 1.807) is 12.1 Å². The fourth-order valence-corrected chi connectivity index (χ4v) is 0.626. The van der Waals surface area contributed by atoms with Crippen LogP contribution in [0, 0.1) is 6.92 Å². The molecule has 0 fully saturated rings. The lowest BCUT2D eigenvalue weighted by Crippen LogP contribution is -1.94. The Balaban J connectivity index is 3.00. The Morgan fingerprint density at radius 3 is 2.20 bits per heavy atom. The van der Waals surface area contributed by atoms with Gasteiger partial charge in [-0.3, -0.25) is 0 Å². The maximum atomic E-state index is 10.3. The highest BCUT2D eigenvalue weighted by molar-refractivity contribution is 5.87. The predicted molar refractivity (Wildman–Crippen MR) is 36.8 cm³/mol. The normalized spacial score (nSPS) is 9.30. The van der Waals surface area contributed by atoms with Crippen LogP contribution in [-0.2, 0) is 0 Å². The van der Waals surface area contributed by atoms with Crippen LogP contribution in [0.15, 0.2) is 24.3 Å². The molecule has 2 radical (unpaired) electrons. The summed E-state index contributed by atoms with van der Waals surface area (Å²) in [6.07, 6.45) is 0. The largest absolute Gasteiger partial charge is 0.478 e. The highest BCUT2D eigenvalue weighted by Crippen LogP contribution is 2.01. The van der Waals surface area contributed by atoms with E-state index < -0.39 is 5.97 Å². The summed E-state index contributed by atoms with van der Waals surface area (Å²) in [6, 6.07) is 6.06. The molecule has 50 valence electrons. The lowest BCUT2D eigenvalue weighted by atomic mass is 10.2. The van der Waals surface area contributed by atoms with Gasteiger partial charge in [0.15, 0.2) is 0 Å². The minimum atomic E-state index is -0.931. The standard InChI is InChI=1S/C8H6O2/c1-6-2-4-7(5-3-6)8(9)10/h1-5H,(H,9,10). The smallest absolute Gasteiger partial charge is 0.335 e. The van der Waals surface area contributed by atoms with Gasteiger partial charge in [0.05, 0.1) is 5.56 Å². The second kappa shape index (κ2) is 2.52. The van der Waals surface area contributed by atoms with E-state index in [2.05, 4.69) is 0 Å². The molecule has 0 spiro atoms. The summed E-state index contributed by atoms with van der Waals surface area (Å²) in [5.74, 6) is -0.931. The third-order valence-electron chi connectivity index (χ3n) is 1.16. The third kappa shape index (κ3) is 1.35. The fourth-order valence-electron chi connectivity index (χ4n) is 0.626. The van der Waals surface area contributed by atoms with Gasteiger partial charge in [-0.25, -0.2) is 4.79 Å². The summed E-state index contributed by atoms with van der Waals surface area (Å²) in [4.78, 5) is 10.3. The van der Waals surface area contributed by atoms with Gasteiger partial charge in [0.1, 0.15) is 0 Å². The van der Waals surface area contributed by atoms with Crippen molar-refractivity contribution in [1.82, 2.24) is 0 Å². The second-order valence-electron chi connectivity index (χ2n) is 1.93. The number of benzene rings is 1. The molecule has 0 heterocycles. The van der Waals surface area contributed by atoms with Gasteiger partial charge in [0.25, 0.3) is 0 Å². The number of carbonyl (C=O) groups is 1. The molecule has 1 aromatic rings. The number of hydrogen-bond donors (Lipinski definition) is 1. The molecule has 1 rings (SSSR count). The summed E-state index contributed by atoms with van der Waals surface area (Å²) in [7, 11) is 0. The minimum Gasteiger partial charge on any atom is -0.478 e. The van der Waals surface area contributed by atoms with Crippen molar-refractivity contribution in [3.05, 3.63) is 42.3 Å². The number of carboxylic acids is 1. The van der Waals surface area contributed by atoms with E-state index in [4.69, 9.17) is 12.0 Å². The molecule has 0 aliphatic carbocycles. The van der Waals surface area contributed by atoms with Gasteiger partial charge in [-0.1, -0.05) is 12.1 Å². The van der Waals surface area contributed by atoms with Gasteiger partial charge in [-0.15, -0.1) is 0 Å². The van der Waals surface area contributed by atoms with Crippen molar-refractivity contribution in [2.45, 2.75) is 0 Å². The first-order chi connectivity index (χ1) is 4.70. The van der Waals surface area contributed by atoms with E-state index in [-0.39, 0.29) is 5.56 Å². The number of carboxylic acid groups (broad SMARTS) is 1. The summed E-state index contributed by atoms with van der Waals surface area (Å²) in [5, 5.41) is 8.43. The fraction of sp³-hybridized carbons (Fsp3) is 0. The van der Waals surface area contributed by atoms with Gasteiger partial charge < -0.3 is 5.11 Å². The van der Waals surface area contributed by atoms with Crippen molar-refractivity contribution in [2.24, 2.45) is 0 Å². The van der Waals surface area contributed by atoms with Crippen LogP contribution in [0.25, 0.3) is 0 Å². The third-order valence-corrected chi connectivity index (χ3v) is 1.16. The maximum Gasteiger partial charge on any atom is 0.335 e. The molecule has 0 saturated heterocycles. The van der Waals surface area contributed by atoms with Gasteiger partial charge in [-0.05, 0) is 24.6 Å². The van der Waals surface area contributed by atoms with E-state index in [1.807, 2.05) is 0 Å². The molecule has 0 saturated carbocycles. The zero-order valence-corrected chi connectivity index (χ0v) is 5.24. The van der Waals surface area contributed by atoms with Crippen LogP contribution in [0.1, 0.15) is 15.9 Å². The van der Waals surface area contributed by atoms with Crippen LogP contribution in [0.2, 0.25) is 0 Å². The Morgan fingerprint density at radius 2 is 1.80 bits per heavy atom. The van der Waals surface area contributed by atoms with Gasteiger partial charge >= 0.3 is 5.97 Å². The Morgan fingerprint density at radius 1 is 1.30 bits per heavy atom. The summed E-state index contributed by atoms with van der Waals surface area (Å²) < 4.78 is 0. The summed E-state index contributed by atoms with van der Waals surface area (Å²) in [5.41, 5.74) is 0.833. The number of rotatable bonds is 1. The average Bonchev–Trinajstić information content (AvgIpc) is 1.88. The van der Waals surface area contributed by atoms with Crippen molar-refractivity contribution < 1.29 is 9.90 Å². The van der Waals surface area contributed by atoms with Crippen LogP contribution in [0.3, 0.4) is 0 Å². The molecular formula is C8H6O2. The predicted octanol–water partition coefficient (Wildman–Crippen LogP) is 1.44. The highest BCUT2D eigenvalue weighted by atomic mass is 16.4. The van der Waals surface area contributed by atoms with Crippen LogP contribution < -0.4 is 0 Å². The molecule has 0 aliphatic heterocycles. The highest BCUT2D eigenvalue weighted by Gasteiger charge is 1.98. The molecule has 2 heteroatoms. The SMILES string of the molecule is [CH]c1ccc(C(=O)O)cc1. The first-order valence-corrected chi connectivity index (χ1v) is 2.79. The van der Waals surface area contributed by atoms with Crippen molar-refractivity contribution in [1.29, 1.82) is 0 Å². The number of hydrogen-bond acceptors (Lipinski definition) is 1. The minimum absolute atomic E-state index is 0.259. The molecule has 1 N–H and O–H groups in total. The van der Waals surface area contributed by atoms with Crippen molar-refractivity contribution in [3.63, 3.8) is 0 Å². The molecule has 0 aromatic heterocycles. The van der Waals surface area contributed by atoms with Crippen LogP contribution >= 0.6 is 0 Å². The van der Waals surface area contributed by atoms with E-state index in [9.17, 15) is 4.79 Å². The quantitative estimate of drug-likeness (QED) is 0.631. The molecular weight excluding hydrogens is 128 g/mol. The number of aromatic carboxylic acids is 1. The van der Waals surface area contributed by atoms with Crippen LogP contribution in [0.5, 0.6) is 0 Å². The Kier molecular flexibility index (Phi) is 1.71. The van der Waals surface area contributed by atoms with E-state index in [0.29, 0.717) is 5.56 Å². The topological polar surface area (TPSA) is 37.3 Å². The molecule has 0 bridgehead atoms. The van der Waals surface area contributed by atoms with E-state index in [0.717, 1.165) is 0 Å². The zero-order valence-electron chi connectivity index (χ0n) is 5.24. The van der Waals surface area contributed by atoms with Gasteiger partial charge in [-0.2, -0.15) is 0 Å². The maximum absolute atomic E-state index is 10.3. The van der Waals surface area contributed by atoms with Gasteiger partial charge in [0, 0.05) is 0 Å². The first-order valence-electron chi connectivity index (χ1n) is 2.79. The van der Waals surface area contributed by atoms with E-state index >= 15 is 0 Å². The Hall–Kier alpha value is -1.31. The van der Waals surface area contributed by atoms with Crippen molar-refractivity contribution in [3.8, 4) is 0 Å². The summed E-state index contributed by atoms with van der Waals surface area (Å²) in [6.45, 7) is 5.33. The van der Waals surface area contributed by atoms with Crippen LogP contribution in [0.4, 0.5) is 0 Å². The molecule has 0 unspecified atom stereocenters. The summed E-state index contributed by atoms with van der Waals surface area (Å²) >= 11 is 0. The van der Waals surface area contributed by atoms with Gasteiger partial charge in [0.2, 0.25) is 0 Å². The molecule has 0 amide bonds. The average molecular weight is 134 g/mol. The molecule has 0 aliphatic rings. The van der Waals surface area contributed by atoms with Crippen LogP contribution in [-0.4, -0.2) is 11.1 Å². The molecule has 0 atom stereocenters. The molecule has 1 aromatic carbocycles. The van der Waals surface area contributed by atoms with E-state index in [1.165, 1.54) is 12.1 Å². The zero-order chi connectivity index (χ0) is 7.56. The lowest BCUT2D eigenvalue weighted by molar-refractivity contribution is 0.0697. The van der Waals surface area contributed by atoms with Crippen molar-refractivity contribution >= 4 is 5.97 Å². The Labute approximate surface area is 59.1 Å². The van der Waals surface area contributed by atoms with Crippen molar-refractivity contribution in [2.75, 3.05) is 0 Å². The lowest BCUT2D eigenvalue weighted by Gasteiger charge is -1.92.